The molecule has 0 amide bonds. The number of hydrogen-bond acceptors (Lipinski definition) is 5. The van der Waals surface area contributed by atoms with Crippen LogP contribution < -0.4 is 4.74 Å². The van der Waals surface area contributed by atoms with Crippen molar-refractivity contribution >= 4 is 5.97 Å². The first-order valence-corrected chi connectivity index (χ1v) is 6.46. The summed E-state index contributed by atoms with van der Waals surface area (Å²) in [5.74, 6) is -0.220. The number of fused-ring (bicyclic) bond motifs is 1. The van der Waals surface area contributed by atoms with E-state index >= 15 is 0 Å². The molecule has 0 saturated heterocycles. The predicted octanol–water partition coefficient (Wildman–Crippen LogP) is 1.77. The van der Waals surface area contributed by atoms with E-state index in [9.17, 15) is 4.79 Å². The molecule has 0 N–H and O–H groups in total. The van der Waals surface area contributed by atoms with Crippen LogP contribution in [0.1, 0.15) is 36.6 Å². The summed E-state index contributed by atoms with van der Waals surface area (Å²) in [6.45, 7) is 1.83. The van der Waals surface area contributed by atoms with E-state index in [1.807, 2.05) is 6.07 Å². The van der Waals surface area contributed by atoms with Gasteiger partial charge < -0.3 is 9.47 Å². The van der Waals surface area contributed by atoms with Gasteiger partial charge in [-0.3, -0.25) is 0 Å². The maximum absolute atomic E-state index is 11.2. The highest BCUT2D eigenvalue weighted by Crippen LogP contribution is 2.25. The average molecular weight is 260 g/mol. The van der Waals surface area contributed by atoms with Gasteiger partial charge in [-0.05, 0) is 44.2 Å². The van der Waals surface area contributed by atoms with Gasteiger partial charge in [-0.25, -0.2) is 9.78 Å². The van der Waals surface area contributed by atoms with Crippen molar-refractivity contribution in [1.82, 2.24) is 4.98 Å². The van der Waals surface area contributed by atoms with Crippen molar-refractivity contribution in [2.24, 2.45) is 0 Å². The Labute approximate surface area is 112 Å². The molecule has 1 heterocycles. The quantitative estimate of drug-likeness (QED) is 0.771. The predicted molar refractivity (Wildman–Crippen MR) is 67.7 cm³/mol. The second-order valence-corrected chi connectivity index (χ2v) is 4.36. The van der Waals surface area contributed by atoms with Crippen LogP contribution in [0.4, 0.5) is 0 Å². The Balaban J connectivity index is 2.15. The second-order valence-electron chi connectivity index (χ2n) is 4.36. The molecule has 1 aromatic rings. The molecule has 2 rings (SSSR count). The van der Waals surface area contributed by atoms with E-state index in [1.54, 1.807) is 6.92 Å². The molecular weight excluding hydrogens is 244 g/mol. The largest absolute Gasteiger partial charge is 0.465 e. The number of ether oxygens (including phenoxy) is 2. The van der Waals surface area contributed by atoms with Crippen molar-refractivity contribution in [3.05, 3.63) is 22.9 Å². The monoisotopic (exact) mass is 260 g/mol. The summed E-state index contributed by atoms with van der Waals surface area (Å²) in [5, 5.41) is 9.10. The molecular formula is C14H16N2O3. The first-order chi connectivity index (χ1) is 9.24. The summed E-state index contributed by atoms with van der Waals surface area (Å²) >= 11 is 0. The van der Waals surface area contributed by atoms with Crippen LogP contribution in [0.25, 0.3) is 0 Å². The van der Waals surface area contributed by atoms with E-state index in [0.717, 1.165) is 36.9 Å². The Bertz CT molecular complexity index is 520. The van der Waals surface area contributed by atoms with Gasteiger partial charge in [0, 0.05) is 5.69 Å². The van der Waals surface area contributed by atoms with Crippen molar-refractivity contribution in [2.45, 2.75) is 32.6 Å². The molecule has 0 atom stereocenters. The van der Waals surface area contributed by atoms with Crippen molar-refractivity contribution < 1.29 is 14.3 Å². The minimum Gasteiger partial charge on any atom is -0.465 e. The Hall–Kier alpha value is -2.09. The summed E-state index contributed by atoms with van der Waals surface area (Å²) in [6, 6.07) is 3.88. The normalized spacial score (nSPS) is 13.3. The van der Waals surface area contributed by atoms with Crippen LogP contribution in [0, 0.1) is 11.3 Å². The highest BCUT2D eigenvalue weighted by molar-refractivity contribution is 5.71. The van der Waals surface area contributed by atoms with Gasteiger partial charge in [0.2, 0.25) is 5.88 Å². The van der Waals surface area contributed by atoms with E-state index < -0.39 is 5.97 Å². The lowest BCUT2D eigenvalue weighted by atomic mass is 9.95. The standard InChI is InChI=1S/C14H16N2O3/c1-2-18-13(17)9-19-14-11(8-15)7-10-5-3-4-6-12(10)16-14/h7H,2-6,9H2,1H3. The molecule has 5 heteroatoms. The third-order valence-corrected chi connectivity index (χ3v) is 3.02. The second kappa shape index (κ2) is 6.19. The third kappa shape index (κ3) is 3.22. The van der Waals surface area contributed by atoms with Gasteiger partial charge in [0.15, 0.2) is 6.61 Å². The lowest BCUT2D eigenvalue weighted by Gasteiger charge is -2.16. The maximum atomic E-state index is 11.2. The third-order valence-electron chi connectivity index (χ3n) is 3.02. The molecule has 0 bridgehead atoms. The zero-order valence-corrected chi connectivity index (χ0v) is 10.9. The number of carbonyl (C=O) groups is 1. The number of rotatable bonds is 4. The fourth-order valence-electron chi connectivity index (χ4n) is 2.13. The molecule has 0 radical (unpaired) electrons. The van der Waals surface area contributed by atoms with Crippen molar-refractivity contribution in [2.75, 3.05) is 13.2 Å². The van der Waals surface area contributed by atoms with Crippen LogP contribution in [0.2, 0.25) is 0 Å². The first kappa shape index (κ1) is 13.3. The summed E-state index contributed by atoms with van der Waals surface area (Å²) in [6.07, 6.45) is 4.08. The van der Waals surface area contributed by atoms with Crippen LogP contribution in [0.15, 0.2) is 6.07 Å². The molecule has 1 aliphatic carbocycles. The van der Waals surface area contributed by atoms with Gasteiger partial charge >= 0.3 is 5.97 Å². The van der Waals surface area contributed by atoms with Crippen molar-refractivity contribution in [1.29, 1.82) is 5.26 Å². The van der Waals surface area contributed by atoms with Gasteiger partial charge in [-0.1, -0.05) is 0 Å². The number of nitriles is 1. The van der Waals surface area contributed by atoms with Gasteiger partial charge in [-0.15, -0.1) is 0 Å². The van der Waals surface area contributed by atoms with Gasteiger partial charge in [-0.2, -0.15) is 5.26 Å². The van der Waals surface area contributed by atoms with E-state index in [-0.39, 0.29) is 12.5 Å². The molecule has 0 aliphatic heterocycles. The van der Waals surface area contributed by atoms with E-state index in [2.05, 4.69) is 11.1 Å². The lowest BCUT2D eigenvalue weighted by molar-refractivity contribution is -0.145. The number of hydrogen-bond donors (Lipinski definition) is 0. The Morgan fingerprint density at radius 3 is 3.00 bits per heavy atom. The fraction of sp³-hybridized carbons (Fsp3) is 0.500. The van der Waals surface area contributed by atoms with Crippen LogP contribution in [-0.4, -0.2) is 24.2 Å². The average Bonchev–Trinajstić information content (AvgIpc) is 2.44. The number of pyridine rings is 1. The molecule has 0 saturated carbocycles. The number of carbonyl (C=O) groups excluding carboxylic acids is 1. The molecule has 0 aromatic carbocycles. The number of aromatic nitrogens is 1. The van der Waals surface area contributed by atoms with Gasteiger partial charge in [0.1, 0.15) is 11.6 Å². The molecule has 0 fully saturated rings. The Morgan fingerprint density at radius 1 is 1.47 bits per heavy atom. The molecule has 0 spiro atoms. The van der Waals surface area contributed by atoms with Gasteiger partial charge in [0.05, 0.1) is 6.61 Å². The summed E-state index contributed by atoms with van der Waals surface area (Å²) in [4.78, 5) is 15.6. The number of nitrogens with zero attached hydrogens (tertiary/aromatic N) is 2. The molecule has 0 unspecified atom stereocenters. The smallest absolute Gasteiger partial charge is 0.344 e. The first-order valence-electron chi connectivity index (χ1n) is 6.46. The van der Waals surface area contributed by atoms with Crippen molar-refractivity contribution in [3.8, 4) is 11.9 Å². The van der Waals surface area contributed by atoms with Crippen LogP contribution in [0.3, 0.4) is 0 Å². The van der Waals surface area contributed by atoms with Gasteiger partial charge in [0.25, 0.3) is 0 Å². The highest BCUT2D eigenvalue weighted by atomic mass is 16.6. The van der Waals surface area contributed by atoms with E-state index in [0.29, 0.717) is 12.2 Å². The zero-order valence-electron chi connectivity index (χ0n) is 10.9. The van der Waals surface area contributed by atoms with E-state index in [4.69, 9.17) is 14.7 Å². The molecule has 1 aliphatic rings. The zero-order chi connectivity index (χ0) is 13.7. The number of esters is 1. The molecule has 1 aromatic heterocycles. The minimum atomic E-state index is -0.453. The highest BCUT2D eigenvalue weighted by Gasteiger charge is 2.16. The summed E-state index contributed by atoms with van der Waals surface area (Å²) in [5.41, 5.74) is 2.47. The van der Waals surface area contributed by atoms with Crippen LogP contribution >= 0.6 is 0 Å². The number of aryl methyl sites for hydroxylation is 2. The molecule has 5 nitrogen and oxygen atoms in total. The summed E-state index contributed by atoms with van der Waals surface area (Å²) < 4.78 is 10.1. The minimum absolute atomic E-state index is 0.214. The van der Waals surface area contributed by atoms with E-state index in [1.165, 1.54) is 0 Å². The van der Waals surface area contributed by atoms with Crippen LogP contribution in [0.5, 0.6) is 5.88 Å². The van der Waals surface area contributed by atoms with Crippen molar-refractivity contribution in [3.63, 3.8) is 0 Å². The van der Waals surface area contributed by atoms with Crippen LogP contribution in [-0.2, 0) is 22.4 Å². The lowest BCUT2D eigenvalue weighted by Crippen LogP contribution is -2.16. The Morgan fingerprint density at radius 2 is 2.26 bits per heavy atom. The molecule has 100 valence electrons. The topological polar surface area (TPSA) is 72.2 Å². The fourth-order valence-corrected chi connectivity index (χ4v) is 2.13. The Kier molecular flexibility index (Phi) is 4.35. The summed E-state index contributed by atoms with van der Waals surface area (Å²) in [7, 11) is 0. The molecule has 19 heavy (non-hydrogen) atoms. The maximum Gasteiger partial charge on any atom is 0.344 e. The SMILES string of the molecule is CCOC(=O)COc1nc2c(cc1C#N)CCCC2.